The Morgan fingerprint density at radius 1 is 1.07 bits per heavy atom. The van der Waals surface area contributed by atoms with E-state index in [1.165, 1.54) is 17.8 Å². The van der Waals surface area contributed by atoms with E-state index >= 15 is 0 Å². The Morgan fingerprint density at radius 2 is 1.83 bits per heavy atom. The highest BCUT2D eigenvalue weighted by Crippen LogP contribution is 2.36. The monoisotopic (exact) mass is 439 g/mol. The number of thioether (sulfide) groups is 1. The van der Waals surface area contributed by atoms with Crippen LogP contribution in [0.2, 0.25) is 0 Å². The molecule has 0 spiro atoms. The number of fused-ring (bicyclic) bond motifs is 1. The lowest BCUT2D eigenvalue weighted by molar-refractivity contribution is -0.137. The average molecular weight is 440 g/mol. The number of halogens is 3. The predicted molar refractivity (Wildman–Crippen MR) is 110 cm³/mol. The topological polar surface area (TPSA) is 63.1 Å². The number of nitrogens with one attached hydrogen (secondary N) is 1. The van der Waals surface area contributed by atoms with E-state index in [1.54, 1.807) is 0 Å². The highest BCUT2D eigenvalue weighted by atomic mass is 32.2. The van der Waals surface area contributed by atoms with Crippen LogP contribution >= 0.6 is 11.8 Å². The number of carbonyl (C=O) groups excluding carboxylic acids is 1. The first-order valence-electron chi connectivity index (χ1n) is 10.2. The Hall–Kier alpha value is -2.23. The first kappa shape index (κ1) is 21.0. The first-order valence-corrected chi connectivity index (χ1v) is 11.2. The average Bonchev–Trinajstić information content (AvgIpc) is 3.31. The van der Waals surface area contributed by atoms with E-state index in [2.05, 4.69) is 15.5 Å². The summed E-state index contributed by atoms with van der Waals surface area (Å²) in [7, 11) is 0. The van der Waals surface area contributed by atoms with Crippen LogP contribution in [0.15, 0.2) is 23.4 Å². The number of amides is 1. The van der Waals surface area contributed by atoms with Crippen LogP contribution in [-0.4, -0.2) is 39.5 Å². The molecule has 2 aliphatic heterocycles. The van der Waals surface area contributed by atoms with E-state index in [0.717, 1.165) is 76.1 Å². The molecule has 1 aromatic heterocycles. The van der Waals surface area contributed by atoms with Crippen molar-refractivity contribution in [2.45, 2.75) is 56.4 Å². The van der Waals surface area contributed by atoms with Crippen LogP contribution in [0.5, 0.6) is 0 Å². The van der Waals surface area contributed by atoms with Crippen molar-refractivity contribution in [3.8, 4) is 0 Å². The van der Waals surface area contributed by atoms with Gasteiger partial charge in [-0.25, -0.2) is 0 Å². The van der Waals surface area contributed by atoms with Crippen LogP contribution in [0.25, 0.3) is 0 Å². The van der Waals surface area contributed by atoms with E-state index in [9.17, 15) is 18.0 Å². The van der Waals surface area contributed by atoms with Crippen LogP contribution in [0.4, 0.5) is 24.5 Å². The molecule has 6 nitrogen and oxygen atoms in total. The Morgan fingerprint density at radius 3 is 2.60 bits per heavy atom. The maximum Gasteiger partial charge on any atom is 0.416 e. The van der Waals surface area contributed by atoms with Gasteiger partial charge in [0, 0.05) is 26.1 Å². The summed E-state index contributed by atoms with van der Waals surface area (Å²) in [6.45, 7) is 2.38. The van der Waals surface area contributed by atoms with Crippen molar-refractivity contribution in [1.29, 1.82) is 0 Å². The van der Waals surface area contributed by atoms with Crippen LogP contribution in [0.1, 0.15) is 43.5 Å². The Kier molecular flexibility index (Phi) is 6.21. The maximum atomic E-state index is 13.2. The molecule has 162 valence electrons. The molecule has 0 aliphatic carbocycles. The summed E-state index contributed by atoms with van der Waals surface area (Å²) in [5, 5.41) is 11.8. The molecule has 1 N–H and O–H groups in total. The predicted octanol–water partition coefficient (Wildman–Crippen LogP) is 4.35. The number of alkyl halides is 3. The number of rotatable bonds is 5. The second kappa shape index (κ2) is 8.87. The van der Waals surface area contributed by atoms with E-state index in [4.69, 9.17) is 0 Å². The number of hydrogen-bond acceptors (Lipinski definition) is 5. The van der Waals surface area contributed by atoms with Gasteiger partial charge in [0.15, 0.2) is 5.16 Å². The minimum absolute atomic E-state index is 0.0633. The number of anilines is 2. The molecule has 1 saturated heterocycles. The molecule has 2 aromatic rings. The minimum atomic E-state index is -4.46. The van der Waals surface area contributed by atoms with E-state index in [0.29, 0.717) is 10.8 Å². The second-order valence-electron chi connectivity index (χ2n) is 7.62. The zero-order chi connectivity index (χ0) is 21.1. The zero-order valence-corrected chi connectivity index (χ0v) is 17.4. The van der Waals surface area contributed by atoms with Gasteiger partial charge in [0.2, 0.25) is 5.91 Å². The lowest BCUT2D eigenvalue weighted by atomic mass is 10.1. The molecule has 30 heavy (non-hydrogen) atoms. The number of aromatic nitrogens is 3. The highest BCUT2D eigenvalue weighted by Gasteiger charge is 2.32. The van der Waals surface area contributed by atoms with Crippen LogP contribution in [0, 0.1) is 0 Å². The van der Waals surface area contributed by atoms with Crippen molar-refractivity contribution >= 4 is 29.0 Å². The third kappa shape index (κ3) is 4.74. The van der Waals surface area contributed by atoms with Gasteiger partial charge in [0.05, 0.1) is 22.7 Å². The summed E-state index contributed by atoms with van der Waals surface area (Å²) in [5.74, 6) is 0.642. The third-order valence-corrected chi connectivity index (χ3v) is 6.42. The van der Waals surface area contributed by atoms with Gasteiger partial charge in [-0.2, -0.15) is 13.2 Å². The van der Waals surface area contributed by atoms with Crippen molar-refractivity contribution < 1.29 is 18.0 Å². The molecule has 0 bridgehead atoms. The van der Waals surface area contributed by atoms with Crippen molar-refractivity contribution in [2.24, 2.45) is 0 Å². The third-order valence-electron chi connectivity index (χ3n) is 5.45. The lowest BCUT2D eigenvalue weighted by Gasteiger charge is -2.23. The summed E-state index contributed by atoms with van der Waals surface area (Å²) in [6.07, 6.45) is 1.67. The quantitative estimate of drug-likeness (QED) is 0.702. The largest absolute Gasteiger partial charge is 0.416 e. The Balaban J connectivity index is 1.47. The van der Waals surface area contributed by atoms with Gasteiger partial charge in [-0.15, -0.1) is 10.2 Å². The SMILES string of the molecule is O=C(CSc1nnc2n1CCCCC2)Nc1cc(C(F)(F)F)ccc1N1CCCC1. The number of benzene rings is 1. The Labute approximate surface area is 177 Å². The van der Waals surface area contributed by atoms with Crippen molar-refractivity contribution in [3.05, 3.63) is 29.6 Å². The molecule has 10 heteroatoms. The smallest absolute Gasteiger partial charge is 0.370 e. The number of carbonyl (C=O) groups is 1. The molecule has 1 fully saturated rings. The fourth-order valence-electron chi connectivity index (χ4n) is 3.93. The van der Waals surface area contributed by atoms with E-state index < -0.39 is 11.7 Å². The molecular weight excluding hydrogens is 415 g/mol. The van der Waals surface area contributed by atoms with Crippen molar-refractivity contribution in [2.75, 3.05) is 29.1 Å². The van der Waals surface area contributed by atoms with E-state index in [1.807, 2.05) is 9.47 Å². The highest BCUT2D eigenvalue weighted by molar-refractivity contribution is 7.99. The standard InChI is InChI=1S/C20H24F3N5OS/c21-20(22,23)14-7-8-16(27-9-4-5-10-27)15(12-14)24-18(29)13-30-19-26-25-17-6-2-1-3-11-28(17)19/h7-8,12H,1-6,9-11,13H2,(H,24,29). The van der Waals surface area contributed by atoms with Gasteiger partial charge in [-0.3, -0.25) is 4.79 Å². The summed E-state index contributed by atoms with van der Waals surface area (Å²) >= 11 is 1.27. The number of nitrogens with zero attached hydrogens (tertiary/aromatic N) is 4. The Bertz CT molecular complexity index is 908. The van der Waals surface area contributed by atoms with Crippen LogP contribution in [-0.2, 0) is 23.9 Å². The minimum Gasteiger partial charge on any atom is -0.370 e. The van der Waals surface area contributed by atoms with Crippen LogP contribution in [0.3, 0.4) is 0 Å². The fraction of sp³-hybridized carbons (Fsp3) is 0.550. The fourth-order valence-corrected chi connectivity index (χ4v) is 4.71. The second-order valence-corrected chi connectivity index (χ2v) is 8.56. The number of hydrogen-bond donors (Lipinski definition) is 1. The van der Waals surface area contributed by atoms with Crippen molar-refractivity contribution in [1.82, 2.24) is 14.8 Å². The van der Waals surface area contributed by atoms with Gasteiger partial charge in [0.1, 0.15) is 5.82 Å². The summed E-state index contributed by atoms with van der Waals surface area (Å²) in [4.78, 5) is 14.6. The molecule has 4 rings (SSSR count). The summed E-state index contributed by atoms with van der Waals surface area (Å²) < 4.78 is 41.6. The summed E-state index contributed by atoms with van der Waals surface area (Å²) in [5.41, 5.74) is 0.0729. The molecule has 0 saturated carbocycles. The maximum absolute atomic E-state index is 13.2. The molecule has 1 aromatic carbocycles. The molecule has 1 amide bonds. The molecule has 0 unspecified atom stereocenters. The molecular formula is C20H24F3N5OS. The van der Waals surface area contributed by atoms with Gasteiger partial charge in [-0.05, 0) is 43.9 Å². The first-order chi connectivity index (χ1) is 14.4. The van der Waals surface area contributed by atoms with Gasteiger partial charge in [-0.1, -0.05) is 18.2 Å². The molecule has 3 heterocycles. The normalized spacial score (nSPS) is 17.0. The van der Waals surface area contributed by atoms with Gasteiger partial charge < -0.3 is 14.8 Å². The molecule has 0 atom stereocenters. The summed E-state index contributed by atoms with van der Waals surface area (Å²) in [6, 6.07) is 3.55. The lowest BCUT2D eigenvalue weighted by Crippen LogP contribution is -2.22. The van der Waals surface area contributed by atoms with Crippen LogP contribution < -0.4 is 10.2 Å². The zero-order valence-electron chi connectivity index (χ0n) is 16.5. The number of aryl methyl sites for hydroxylation is 1. The van der Waals surface area contributed by atoms with E-state index in [-0.39, 0.29) is 17.3 Å². The van der Waals surface area contributed by atoms with Gasteiger partial charge >= 0.3 is 6.18 Å². The van der Waals surface area contributed by atoms with Crippen molar-refractivity contribution in [3.63, 3.8) is 0 Å². The molecule has 2 aliphatic rings. The van der Waals surface area contributed by atoms with Gasteiger partial charge in [0.25, 0.3) is 0 Å². The molecule has 0 radical (unpaired) electrons.